The smallest absolute Gasteiger partial charge is 0.211 e. The summed E-state index contributed by atoms with van der Waals surface area (Å²) < 4.78 is 0.138. The lowest BCUT2D eigenvalue weighted by Gasteiger charge is -2.11. The second kappa shape index (κ2) is 9.53. The van der Waals surface area contributed by atoms with Gasteiger partial charge in [-0.3, -0.25) is 0 Å². The molecule has 0 aliphatic rings. The number of carbonyl (C=O) groups excluding carboxylic acids is 2. The van der Waals surface area contributed by atoms with Crippen LogP contribution in [-0.4, -0.2) is 27.8 Å². The van der Waals surface area contributed by atoms with Crippen LogP contribution in [0, 0.1) is 0 Å². The Morgan fingerprint density at radius 1 is 1.24 bits per heavy atom. The third kappa shape index (κ3) is 6.73. The maximum atomic E-state index is 9.98. The first kappa shape index (κ1) is 14.6. The molecule has 0 radical (unpaired) electrons. The van der Waals surface area contributed by atoms with E-state index < -0.39 is 0 Å². The van der Waals surface area contributed by atoms with Crippen molar-refractivity contribution in [3.05, 3.63) is 16.8 Å². The molecule has 8 heteroatoms. The molecule has 1 heterocycles. The van der Waals surface area contributed by atoms with Gasteiger partial charge in [-0.25, -0.2) is 9.59 Å². The topological polar surface area (TPSA) is 58.9 Å². The zero-order valence-electron chi connectivity index (χ0n) is 8.57. The molecule has 0 spiro atoms. The highest BCUT2D eigenvalue weighted by Gasteiger charge is 2.11. The molecule has 0 atom stereocenters. The molecule has 0 aromatic carbocycles. The molecule has 0 aliphatic carbocycles. The van der Waals surface area contributed by atoms with E-state index >= 15 is 0 Å². The van der Waals surface area contributed by atoms with Gasteiger partial charge in [-0.05, 0) is 11.4 Å². The summed E-state index contributed by atoms with van der Waals surface area (Å²) in [5.41, 5.74) is 0. The second-order valence-corrected chi connectivity index (χ2v) is 7.44. The summed E-state index contributed by atoms with van der Waals surface area (Å²) in [4.78, 5) is 28.1. The third-order valence-electron chi connectivity index (χ3n) is 1.41. The normalized spacial score (nSPS) is 11.3. The number of aliphatic imine (C=N–C) groups is 2. The summed E-state index contributed by atoms with van der Waals surface area (Å²) >= 11 is 6.29. The minimum Gasteiger partial charge on any atom is -0.211 e. The van der Waals surface area contributed by atoms with E-state index in [0.717, 1.165) is 4.90 Å². The highest BCUT2D eigenvalue weighted by molar-refractivity contribution is 8.32. The van der Waals surface area contributed by atoms with Gasteiger partial charge >= 0.3 is 0 Å². The van der Waals surface area contributed by atoms with Crippen LogP contribution in [-0.2, 0) is 9.59 Å². The van der Waals surface area contributed by atoms with Crippen LogP contribution in [0.25, 0.3) is 0 Å². The number of rotatable bonds is 8. The molecule has 0 saturated carbocycles. The Morgan fingerprint density at radius 2 is 1.88 bits per heavy atom. The molecule has 1 aromatic rings. The maximum absolute atomic E-state index is 9.98. The lowest BCUT2D eigenvalue weighted by Crippen LogP contribution is -1.92. The first-order valence-corrected chi connectivity index (χ1v) is 8.28. The fourth-order valence-electron chi connectivity index (χ4n) is 0.795. The van der Waals surface area contributed by atoms with Crippen LogP contribution < -0.4 is 0 Å². The van der Waals surface area contributed by atoms with Crippen LogP contribution in [0.1, 0.15) is 0 Å². The Bertz CT molecular complexity index is 389. The van der Waals surface area contributed by atoms with Crippen LogP contribution in [0.3, 0.4) is 0 Å². The van der Waals surface area contributed by atoms with Gasteiger partial charge in [0.2, 0.25) is 12.2 Å². The van der Waals surface area contributed by atoms with Crippen LogP contribution in [0.15, 0.2) is 31.7 Å². The van der Waals surface area contributed by atoms with Gasteiger partial charge in [0.15, 0.2) is 0 Å². The molecule has 0 N–H and O–H groups in total. The molecule has 1 aromatic heterocycles. The van der Waals surface area contributed by atoms with Gasteiger partial charge in [0.05, 0.1) is 11.8 Å². The Morgan fingerprint density at radius 3 is 2.35 bits per heavy atom. The van der Waals surface area contributed by atoms with Gasteiger partial charge in [-0.15, -0.1) is 23.5 Å². The zero-order valence-corrected chi connectivity index (χ0v) is 11.8. The van der Waals surface area contributed by atoms with E-state index in [1.54, 1.807) is 23.1 Å². The van der Waals surface area contributed by atoms with Gasteiger partial charge in [-0.1, -0.05) is 11.8 Å². The standard InChI is InChI=1S/C9H8N2O2S4/c12-4-10-6-15-9(16-7-11-5-13)17-8-1-2-14-3-8/h1-3,9H,6-7H2. The molecule has 0 fully saturated rings. The SMILES string of the molecule is O=C=NCSC(SCN=C=O)Sc1ccsc1. The van der Waals surface area contributed by atoms with E-state index in [1.165, 1.54) is 35.7 Å². The van der Waals surface area contributed by atoms with Crippen molar-refractivity contribution >= 4 is 58.8 Å². The van der Waals surface area contributed by atoms with Crippen molar-refractivity contribution in [3.8, 4) is 0 Å². The molecule has 0 amide bonds. The van der Waals surface area contributed by atoms with Gasteiger partial charge in [0.1, 0.15) is 3.91 Å². The minimum atomic E-state index is 0.138. The van der Waals surface area contributed by atoms with Crippen LogP contribution in [0.5, 0.6) is 0 Å². The maximum Gasteiger partial charge on any atom is 0.235 e. The summed E-state index contributed by atoms with van der Waals surface area (Å²) in [6, 6.07) is 2.02. The first-order valence-electron chi connectivity index (χ1n) is 4.36. The Labute approximate surface area is 115 Å². The molecular weight excluding hydrogens is 296 g/mol. The summed E-state index contributed by atoms with van der Waals surface area (Å²) in [6.07, 6.45) is 3.00. The molecule has 90 valence electrons. The van der Waals surface area contributed by atoms with Gasteiger partial charge < -0.3 is 0 Å². The lowest BCUT2D eigenvalue weighted by atomic mass is 10.7. The number of nitrogens with zero attached hydrogens (tertiary/aromatic N) is 2. The fourth-order valence-corrected chi connectivity index (χ4v) is 4.98. The van der Waals surface area contributed by atoms with E-state index in [4.69, 9.17) is 0 Å². The van der Waals surface area contributed by atoms with Crippen LogP contribution in [0.4, 0.5) is 0 Å². The summed E-state index contributed by atoms with van der Waals surface area (Å²) in [6.45, 7) is 0. The monoisotopic (exact) mass is 304 g/mol. The van der Waals surface area contributed by atoms with Gasteiger partial charge in [0.25, 0.3) is 0 Å². The van der Waals surface area contributed by atoms with Crippen molar-refractivity contribution in [2.45, 2.75) is 8.81 Å². The van der Waals surface area contributed by atoms with Gasteiger partial charge in [-0.2, -0.15) is 21.3 Å². The largest absolute Gasteiger partial charge is 0.235 e. The number of thiophene rings is 1. The second-order valence-electron chi connectivity index (χ2n) is 2.46. The van der Waals surface area contributed by atoms with Crippen LogP contribution in [0.2, 0.25) is 0 Å². The third-order valence-corrected chi connectivity index (χ3v) is 6.27. The molecule has 0 bridgehead atoms. The molecule has 0 aliphatic heterocycles. The van der Waals surface area contributed by atoms with E-state index in [1.807, 2.05) is 16.8 Å². The van der Waals surface area contributed by atoms with E-state index in [2.05, 4.69) is 9.98 Å². The van der Waals surface area contributed by atoms with Crippen LogP contribution >= 0.6 is 46.6 Å². The van der Waals surface area contributed by atoms with Crippen molar-refractivity contribution < 1.29 is 9.59 Å². The Hall–Kier alpha value is -0.490. The Kier molecular flexibility index (Phi) is 8.17. The summed E-state index contributed by atoms with van der Waals surface area (Å²) in [5, 5.41) is 4.05. The predicted molar refractivity (Wildman–Crippen MR) is 75.1 cm³/mol. The lowest BCUT2D eigenvalue weighted by molar-refractivity contribution is 0.563. The molecule has 17 heavy (non-hydrogen) atoms. The first-order chi connectivity index (χ1) is 8.36. The van der Waals surface area contributed by atoms with Crippen molar-refractivity contribution in [2.24, 2.45) is 9.98 Å². The molecule has 4 nitrogen and oxygen atoms in total. The van der Waals surface area contributed by atoms with Crippen molar-refractivity contribution in [1.29, 1.82) is 0 Å². The zero-order chi connectivity index (χ0) is 12.3. The number of isocyanates is 2. The number of thioether (sulfide) groups is 3. The highest BCUT2D eigenvalue weighted by Crippen LogP contribution is 2.39. The average molecular weight is 304 g/mol. The fraction of sp³-hybridized carbons (Fsp3) is 0.333. The van der Waals surface area contributed by atoms with E-state index in [-0.39, 0.29) is 3.91 Å². The van der Waals surface area contributed by atoms with Gasteiger partial charge in [0, 0.05) is 10.3 Å². The number of hydrogen-bond acceptors (Lipinski definition) is 8. The van der Waals surface area contributed by atoms with Crippen molar-refractivity contribution in [3.63, 3.8) is 0 Å². The summed E-state index contributed by atoms with van der Waals surface area (Å²) in [5.74, 6) is 0.728. The quantitative estimate of drug-likeness (QED) is 0.319. The minimum absolute atomic E-state index is 0.138. The highest BCUT2D eigenvalue weighted by atomic mass is 32.3. The Balaban J connectivity index is 2.45. The van der Waals surface area contributed by atoms with Crippen molar-refractivity contribution in [2.75, 3.05) is 11.8 Å². The molecular formula is C9H8N2O2S4. The predicted octanol–water partition coefficient (Wildman–Crippen LogP) is 3.18. The molecule has 0 saturated heterocycles. The summed E-state index contributed by atoms with van der Waals surface area (Å²) in [7, 11) is 0. The van der Waals surface area contributed by atoms with E-state index in [0.29, 0.717) is 11.8 Å². The van der Waals surface area contributed by atoms with E-state index in [9.17, 15) is 9.59 Å². The molecule has 0 unspecified atom stereocenters. The average Bonchev–Trinajstić information content (AvgIpc) is 2.82. The number of hydrogen-bond donors (Lipinski definition) is 0. The van der Waals surface area contributed by atoms with Crippen molar-refractivity contribution in [1.82, 2.24) is 0 Å². The molecule has 1 rings (SSSR count).